The van der Waals surface area contributed by atoms with Crippen LogP contribution < -0.4 is 10.6 Å². The summed E-state index contributed by atoms with van der Waals surface area (Å²) in [6.07, 6.45) is 3.86. The summed E-state index contributed by atoms with van der Waals surface area (Å²) in [6, 6.07) is -0.0259. The summed E-state index contributed by atoms with van der Waals surface area (Å²) in [7, 11) is 0. The molecule has 0 aromatic rings. The van der Waals surface area contributed by atoms with Gasteiger partial charge in [0.1, 0.15) is 0 Å². The van der Waals surface area contributed by atoms with Crippen LogP contribution in [0, 0.1) is 11.8 Å². The fraction of sp³-hybridized carbons (Fsp3) is 0.900. The van der Waals surface area contributed by atoms with Gasteiger partial charge in [-0.3, -0.25) is 0 Å². The van der Waals surface area contributed by atoms with Gasteiger partial charge >= 0.3 is 6.03 Å². The van der Waals surface area contributed by atoms with Crippen molar-refractivity contribution in [3.63, 3.8) is 0 Å². The first kappa shape index (κ1) is 10.4. The van der Waals surface area contributed by atoms with Crippen LogP contribution in [0.15, 0.2) is 0 Å². The van der Waals surface area contributed by atoms with Crippen molar-refractivity contribution in [2.45, 2.75) is 33.1 Å². The zero-order valence-electron chi connectivity index (χ0n) is 8.60. The number of urea groups is 1. The lowest BCUT2D eigenvalue weighted by Gasteiger charge is -2.11. The van der Waals surface area contributed by atoms with Gasteiger partial charge in [0.25, 0.3) is 0 Å². The molecule has 1 aliphatic carbocycles. The molecule has 0 saturated heterocycles. The zero-order valence-corrected chi connectivity index (χ0v) is 8.60. The van der Waals surface area contributed by atoms with Gasteiger partial charge in [0.15, 0.2) is 0 Å². The number of hydrogen-bond donors (Lipinski definition) is 2. The summed E-state index contributed by atoms with van der Waals surface area (Å²) < 4.78 is 0. The molecule has 1 rings (SSSR count). The van der Waals surface area contributed by atoms with E-state index in [9.17, 15) is 4.79 Å². The molecule has 1 saturated carbocycles. The van der Waals surface area contributed by atoms with Crippen LogP contribution in [0.4, 0.5) is 4.79 Å². The molecule has 0 heterocycles. The molecule has 2 N–H and O–H groups in total. The highest BCUT2D eigenvalue weighted by molar-refractivity contribution is 5.73. The van der Waals surface area contributed by atoms with Crippen LogP contribution in [0.1, 0.15) is 33.1 Å². The summed E-state index contributed by atoms with van der Waals surface area (Å²) in [4.78, 5) is 11.1. The first-order chi connectivity index (χ1) is 6.22. The van der Waals surface area contributed by atoms with Gasteiger partial charge in [-0.2, -0.15) is 0 Å². The molecule has 1 aliphatic rings. The highest BCUT2D eigenvalue weighted by Gasteiger charge is 2.21. The average Bonchev–Trinajstić information content (AvgIpc) is 2.49. The minimum atomic E-state index is -0.0259. The van der Waals surface area contributed by atoms with E-state index in [1.807, 2.05) is 6.92 Å². The van der Waals surface area contributed by atoms with Crippen molar-refractivity contribution in [2.24, 2.45) is 11.8 Å². The maximum absolute atomic E-state index is 11.1. The standard InChI is InChI=1S/C10H20N2O/c1-3-11-10(13)12-7-9-5-4-8(2)6-9/h8-9H,3-7H2,1-2H3,(H2,11,12,13). The molecular formula is C10H20N2O. The first-order valence-corrected chi connectivity index (χ1v) is 5.24. The van der Waals surface area contributed by atoms with Crippen LogP contribution in [-0.2, 0) is 0 Å². The van der Waals surface area contributed by atoms with Gasteiger partial charge in [0.2, 0.25) is 0 Å². The van der Waals surface area contributed by atoms with Gasteiger partial charge in [-0.15, -0.1) is 0 Å². The Kier molecular flexibility index (Phi) is 4.06. The van der Waals surface area contributed by atoms with Crippen molar-refractivity contribution in [2.75, 3.05) is 13.1 Å². The van der Waals surface area contributed by atoms with Crippen LogP contribution in [0.3, 0.4) is 0 Å². The van der Waals surface area contributed by atoms with Crippen molar-refractivity contribution in [1.82, 2.24) is 10.6 Å². The fourth-order valence-electron chi connectivity index (χ4n) is 1.97. The zero-order chi connectivity index (χ0) is 9.68. The lowest BCUT2D eigenvalue weighted by Crippen LogP contribution is -2.37. The molecule has 2 amide bonds. The van der Waals surface area contributed by atoms with E-state index in [0.717, 1.165) is 12.5 Å². The molecule has 0 radical (unpaired) electrons. The molecule has 76 valence electrons. The van der Waals surface area contributed by atoms with Gasteiger partial charge in [-0.05, 0) is 31.6 Å². The number of amides is 2. The van der Waals surface area contributed by atoms with E-state index in [2.05, 4.69) is 17.6 Å². The summed E-state index contributed by atoms with van der Waals surface area (Å²) in [5.74, 6) is 1.55. The normalized spacial score (nSPS) is 27.2. The predicted octanol–water partition coefficient (Wildman–Crippen LogP) is 1.74. The van der Waals surface area contributed by atoms with E-state index in [4.69, 9.17) is 0 Å². The van der Waals surface area contributed by atoms with Crippen molar-refractivity contribution in [3.8, 4) is 0 Å². The van der Waals surface area contributed by atoms with E-state index in [1.165, 1.54) is 19.3 Å². The molecule has 0 aromatic heterocycles. The van der Waals surface area contributed by atoms with Crippen molar-refractivity contribution >= 4 is 6.03 Å². The third-order valence-corrected chi connectivity index (χ3v) is 2.69. The quantitative estimate of drug-likeness (QED) is 0.689. The van der Waals surface area contributed by atoms with Crippen LogP contribution in [0.25, 0.3) is 0 Å². The highest BCUT2D eigenvalue weighted by Crippen LogP contribution is 2.29. The summed E-state index contributed by atoms with van der Waals surface area (Å²) in [6.45, 7) is 5.76. The van der Waals surface area contributed by atoms with E-state index in [1.54, 1.807) is 0 Å². The Balaban J connectivity index is 2.09. The van der Waals surface area contributed by atoms with Crippen molar-refractivity contribution in [1.29, 1.82) is 0 Å². The Morgan fingerprint density at radius 1 is 1.38 bits per heavy atom. The maximum Gasteiger partial charge on any atom is 0.314 e. The molecule has 3 nitrogen and oxygen atoms in total. The van der Waals surface area contributed by atoms with Crippen molar-refractivity contribution < 1.29 is 4.79 Å². The van der Waals surface area contributed by atoms with Gasteiger partial charge < -0.3 is 10.6 Å². The molecule has 1 fully saturated rings. The third-order valence-electron chi connectivity index (χ3n) is 2.69. The summed E-state index contributed by atoms with van der Waals surface area (Å²) in [5.41, 5.74) is 0. The number of carbonyl (C=O) groups excluding carboxylic acids is 1. The van der Waals surface area contributed by atoms with Gasteiger partial charge in [0, 0.05) is 13.1 Å². The van der Waals surface area contributed by atoms with Crippen LogP contribution >= 0.6 is 0 Å². The minimum absolute atomic E-state index is 0.0259. The molecule has 0 aliphatic heterocycles. The molecule has 2 unspecified atom stereocenters. The highest BCUT2D eigenvalue weighted by atomic mass is 16.2. The van der Waals surface area contributed by atoms with E-state index < -0.39 is 0 Å². The van der Waals surface area contributed by atoms with Gasteiger partial charge in [-0.1, -0.05) is 13.3 Å². The summed E-state index contributed by atoms with van der Waals surface area (Å²) >= 11 is 0. The lowest BCUT2D eigenvalue weighted by atomic mass is 10.1. The van der Waals surface area contributed by atoms with Gasteiger partial charge in [0.05, 0.1) is 0 Å². The molecule has 13 heavy (non-hydrogen) atoms. The van der Waals surface area contributed by atoms with E-state index in [-0.39, 0.29) is 6.03 Å². The Morgan fingerprint density at radius 3 is 2.69 bits per heavy atom. The lowest BCUT2D eigenvalue weighted by molar-refractivity contribution is 0.239. The molecule has 2 atom stereocenters. The van der Waals surface area contributed by atoms with E-state index in [0.29, 0.717) is 12.5 Å². The minimum Gasteiger partial charge on any atom is -0.338 e. The molecule has 0 bridgehead atoms. The van der Waals surface area contributed by atoms with Crippen LogP contribution in [0.5, 0.6) is 0 Å². The van der Waals surface area contributed by atoms with Gasteiger partial charge in [-0.25, -0.2) is 4.79 Å². The maximum atomic E-state index is 11.1. The number of rotatable bonds is 3. The first-order valence-electron chi connectivity index (χ1n) is 5.24. The third kappa shape index (κ3) is 3.66. The Bertz CT molecular complexity index is 170. The molecule has 3 heteroatoms. The Labute approximate surface area is 80.3 Å². The smallest absolute Gasteiger partial charge is 0.314 e. The topological polar surface area (TPSA) is 41.1 Å². The average molecular weight is 184 g/mol. The largest absolute Gasteiger partial charge is 0.338 e. The van der Waals surface area contributed by atoms with Crippen LogP contribution in [0.2, 0.25) is 0 Å². The Hall–Kier alpha value is -0.730. The second-order valence-corrected chi connectivity index (χ2v) is 4.02. The number of carbonyl (C=O) groups is 1. The van der Waals surface area contributed by atoms with Crippen molar-refractivity contribution in [3.05, 3.63) is 0 Å². The SMILES string of the molecule is CCNC(=O)NCC1CCC(C)C1. The van der Waals surface area contributed by atoms with E-state index >= 15 is 0 Å². The predicted molar refractivity (Wildman–Crippen MR) is 53.6 cm³/mol. The molecular weight excluding hydrogens is 164 g/mol. The molecule has 0 aromatic carbocycles. The monoisotopic (exact) mass is 184 g/mol. The summed E-state index contributed by atoms with van der Waals surface area (Å²) in [5, 5.41) is 5.63. The number of hydrogen-bond acceptors (Lipinski definition) is 1. The molecule has 0 spiro atoms. The number of nitrogens with one attached hydrogen (secondary N) is 2. The second kappa shape index (κ2) is 5.10. The fourth-order valence-corrected chi connectivity index (χ4v) is 1.97. The second-order valence-electron chi connectivity index (χ2n) is 4.02. The van der Waals surface area contributed by atoms with Crippen LogP contribution in [-0.4, -0.2) is 19.1 Å². The Morgan fingerprint density at radius 2 is 2.15 bits per heavy atom.